The van der Waals surface area contributed by atoms with Gasteiger partial charge in [0.2, 0.25) is 5.91 Å². The standard InChI is InChI=1S/C16H20Cl2N2O/c1-16(19,11-3-4-11)15(21)20(12-5-6-12)9-10-2-7-13(17)14(18)8-10/h2,7-8,11-12H,3-6,9,19H2,1H3. The van der Waals surface area contributed by atoms with Crippen LogP contribution in [0.1, 0.15) is 38.2 Å². The molecule has 2 N–H and O–H groups in total. The van der Waals surface area contributed by atoms with Crippen molar-refractivity contribution >= 4 is 29.1 Å². The van der Waals surface area contributed by atoms with Crippen molar-refractivity contribution in [3.63, 3.8) is 0 Å². The van der Waals surface area contributed by atoms with E-state index in [1.165, 1.54) is 0 Å². The molecule has 3 nitrogen and oxygen atoms in total. The molecule has 1 unspecified atom stereocenters. The summed E-state index contributed by atoms with van der Waals surface area (Å²) in [7, 11) is 0. The van der Waals surface area contributed by atoms with Crippen LogP contribution >= 0.6 is 23.2 Å². The van der Waals surface area contributed by atoms with Crippen molar-refractivity contribution in [2.75, 3.05) is 0 Å². The second-order valence-corrected chi connectivity index (χ2v) is 7.28. The van der Waals surface area contributed by atoms with Gasteiger partial charge in [-0.2, -0.15) is 0 Å². The number of rotatable bonds is 5. The molecule has 114 valence electrons. The van der Waals surface area contributed by atoms with Crippen molar-refractivity contribution < 1.29 is 4.79 Å². The van der Waals surface area contributed by atoms with E-state index < -0.39 is 5.54 Å². The zero-order chi connectivity index (χ0) is 15.2. The second-order valence-electron chi connectivity index (χ2n) is 6.47. The molecule has 0 aromatic heterocycles. The van der Waals surface area contributed by atoms with Gasteiger partial charge < -0.3 is 10.6 Å². The van der Waals surface area contributed by atoms with E-state index in [-0.39, 0.29) is 5.91 Å². The zero-order valence-corrected chi connectivity index (χ0v) is 13.6. The summed E-state index contributed by atoms with van der Waals surface area (Å²) in [5.41, 5.74) is 6.56. The molecule has 1 amide bonds. The zero-order valence-electron chi connectivity index (χ0n) is 12.1. The van der Waals surface area contributed by atoms with Gasteiger partial charge in [0, 0.05) is 12.6 Å². The van der Waals surface area contributed by atoms with Crippen LogP contribution in [0.3, 0.4) is 0 Å². The summed E-state index contributed by atoms with van der Waals surface area (Å²) >= 11 is 12.0. The van der Waals surface area contributed by atoms with Crippen molar-refractivity contribution in [3.05, 3.63) is 33.8 Å². The summed E-state index contributed by atoms with van der Waals surface area (Å²) in [5, 5.41) is 1.06. The largest absolute Gasteiger partial charge is 0.334 e. The smallest absolute Gasteiger partial charge is 0.243 e. The number of amides is 1. The molecule has 0 spiro atoms. The first-order valence-corrected chi connectivity index (χ1v) is 8.19. The van der Waals surface area contributed by atoms with E-state index in [0.717, 1.165) is 31.2 Å². The molecule has 3 rings (SSSR count). The quantitative estimate of drug-likeness (QED) is 0.898. The Kier molecular flexibility index (Phi) is 3.93. The van der Waals surface area contributed by atoms with Crippen molar-refractivity contribution in [1.29, 1.82) is 0 Å². The van der Waals surface area contributed by atoms with Crippen LogP contribution in [-0.2, 0) is 11.3 Å². The van der Waals surface area contributed by atoms with Gasteiger partial charge in [-0.05, 0) is 56.2 Å². The Morgan fingerprint density at radius 1 is 1.29 bits per heavy atom. The van der Waals surface area contributed by atoms with Gasteiger partial charge in [0.05, 0.1) is 15.6 Å². The van der Waals surface area contributed by atoms with E-state index in [0.29, 0.717) is 28.5 Å². The van der Waals surface area contributed by atoms with Gasteiger partial charge in [0.15, 0.2) is 0 Å². The molecule has 5 heteroatoms. The first-order valence-electron chi connectivity index (χ1n) is 7.43. The molecule has 0 heterocycles. The lowest BCUT2D eigenvalue weighted by Crippen LogP contribution is -2.55. The number of nitrogens with two attached hydrogens (primary N) is 1. The van der Waals surface area contributed by atoms with Crippen LogP contribution in [-0.4, -0.2) is 22.4 Å². The Balaban J connectivity index is 1.78. The minimum absolute atomic E-state index is 0.0681. The summed E-state index contributed by atoms with van der Waals surface area (Å²) in [6.07, 6.45) is 4.25. The molecule has 2 aliphatic rings. The average molecular weight is 327 g/mol. The molecule has 2 fully saturated rings. The molecule has 2 aliphatic carbocycles. The predicted octanol–water partition coefficient (Wildman–Crippen LogP) is 3.61. The highest BCUT2D eigenvalue weighted by Crippen LogP contribution is 2.41. The monoisotopic (exact) mass is 326 g/mol. The van der Waals surface area contributed by atoms with E-state index >= 15 is 0 Å². The first kappa shape index (κ1) is 15.1. The third-order valence-electron chi connectivity index (χ3n) is 4.47. The number of nitrogens with zero attached hydrogens (tertiary/aromatic N) is 1. The van der Waals surface area contributed by atoms with E-state index in [2.05, 4.69) is 0 Å². The normalized spacial score (nSPS) is 21.0. The Labute approximate surface area is 135 Å². The molecule has 1 atom stereocenters. The first-order chi connectivity index (χ1) is 9.89. The number of benzene rings is 1. The van der Waals surface area contributed by atoms with E-state index in [1.807, 2.05) is 24.0 Å². The fraction of sp³-hybridized carbons (Fsp3) is 0.562. The fourth-order valence-corrected chi connectivity index (χ4v) is 3.08. The summed E-state index contributed by atoms with van der Waals surface area (Å²) in [4.78, 5) is 14.8. The predicted molar refractivity (Wildman–Crippen MR) is 85.4 cm³/mol. The van der Waals surface area contributed by atoms with E-state index in [1.54, 1.807) is 6.07 Å². The molecule has 21 heavy (non-hydrogen) atoms. The van der Waals surface area contributed by atoms with Gasteiger partial charge in [0.1, 0.15) is 0 Å². The highest BCUT2D eigenvalue weighted by atomic mass is 35.5. The molecule has 0 saturated heterocycles. The van der Waals surface area contributed by atoms with Gasteiger partial charge in [-0.25, -0.2) is 0 Å². The number of halogens is 2. The summed E-state index contributed by atoms with van der Waals surface area (Å²) < 4.78 is 0. The van der Waals surface area contributed by atoms with Crippen LogP contribution in [0.2, 0.25) is 10.0 Å². The van der Waals surface area contributed by atoms with Gasteiger partial charge in [-0.1, -0.05) is 29.3 Å². The van der Waals surface area contributed by atoms with Gasteiger partial charge in [-0.15, -0.1) is 0 Å². The molecule has 0 aliphatic heterocycles. The lowest BCUT2D eigenvalue weighted by molar-refractivity contribution is -0.138. The van der Waals surface area contributed by atoms with Crippen molar-refractivity contribution in [1.82, 2.24) is 4.90 Å². The number of carbonyl (C=O) groups excluding carboxylic acids is 1. The average Bonchev–Trinajstić information content (AvgIpc) is 3.29. The summed E-state index contributed by atoms with van der Waals surface area (Å²) in [5.74, 6) is 0.402. The highest BCUT2D eigenvalue weighted by Gasteiger charge is 2.48. The van der Waals surface area contributed by atoms with Crippen molar-refractivity contribution in [2.45, 2.75) is 50.7 Å². The molecular weight excluding hydrogens is 307 g/mol. The fourth-order valence-electron chi connectivity index (χ4n) is 2.75. The SMILES string of the molecule is CC(N)(C(=O)N(Cc1ccc(Cl)c(Cl)c1)C1CC1)C1CC1. The molecular formula is C16H20Cl2N2O. The minimum atomic E-state index is -0.737. The van der Waals surface area contributed by atoms with Gasteiger partial charge >= 0.3 is 0 Å². The lowest BCUT2D eigenvalue weighted by atomic mass is 9.95. The Morgan fingerprint density at radius 2 is 1.95 bits per heavy atom. The van der Waals surface area contributed by atoms with Crippen molar-refractivity contribution in [3.8, 4) is 0 Å². The maximum atomic E-state index is 12.8. The summed E-state index contributed by atoms with van der Waals surface area (Å²) in [6.45, 7) is 2.43. The number of hydrogen-bond donors (Lipinski definition) is 1. The molecule has 0 radical (unpaired) electrons. The molecule has 2 saturated carbocycles. The molecule has 0 bridgehead atoms. The van der Waals surface area contributed by atoms with Crippen LogP contribution in [0.4, 0.5) is 0 Å². The third kappa shape index (κ3) is 3.20. The van der Waals surface area contributed by atoms with Crippen LogP contribution in [0.15, 0.2) is 18.2 Å². The Bertz CT molecular complexity index is 565. The molecule has 1 aromatic rings. The number of carbonyl (C=O) groups is 1. The van der Waals surface area contributed by atoms with Crippen LogP contribution in [0.25, 0.3) is 0 Å². The third-order valence-corrected chi connectivity index (χ3v) is 5.21. The second kappa shape index (κ2) is 5.45. The maximum absolute atomic E-state index is 12.8. The van der Waals surface area contributed by atoms with Crippen LogP contribution in [0, 0.1) is 5.92 Å². The maximum Gasteiger partial charge on any atom is 0.243 e. The van der Waals surface area contributed by atoms with Crippen LogP contribution < -0.4 is 5.73 Å². The highest BCUT2D eigenvalue weighted by molar-refractivity contribution is 6.42. The molecule has 1 aromatic carbocycles. The van der Waals surface area contributed by atoms with Gasteiger partial charge in [0.25, 0.3) is 0 Å². The van der Waals surface area contributed by atoms with E-state index in [4.69, 9.17) is 28.9 Å². The van der Waals surface area contributed by atoms with Crippen LogP contribution in [0.5, 0.6) is 0 Å². The minimum Gasteiger partial charge on any atom is -0.334 e. The Hall–Kier alpha value is -0.770. The van der Waals surface area contributed by atoms with Gasteiger partial charge in [-0.3, -0.25) is 4.79 Å². The Morgan fingerprint density at radius 3 is 2.48 bits per heavy atom. The van der Waals surface area contributed by atoms with Crippen molar-refractivity contribution in [2.24, 2.45) is 11.7 Å². The summed E-state index contributed by atoms with van der Waals surface area (Å²) in [6, 6.07) is 5.85. The topological polar surface area (TPSA) is 46.3 Å². The lowest BCUT2D eigenvalue weighted by Gasteiger charge is -2.32. The number of hydrogen-bond acceptors (Lipinski definition) is 2. The van der Waals surface area contributed by atoms with E-state index in [9.17, 15) is 4.79 Å².